The fourth-order valence-electron chi connectivity index (χ4n) is 3.81. The molecule has 216 valence electrons. The van der Waals surface area contributed by atoms with Gasteiger partial charge in [0.15, 0.2) is 0 Å². The summed E-state index contributed by atoms with van der Waals surface area (Å²) in [6.45, 7) is 4.45. The summed E-state index contributed by atoms with van der Waals surface area (Å²) in [7, 11) is 0. The first-order valence-electron chi connectivity index (χ1n) is 12.9. The number of aromatic hydroxyl groups is 1. The predicted octanol–water partition coefficient (Wildman–Crippen LogP) is -0.763. The quantitative estimate of drug-likeness (QED) is 0.159. The second-order valence-electron chi connectivity index (χ2n) is 9.87. The van der Waals surface area contributed by atoms with Crippen molar-refractivity contribution in [3.8, 4) is 5.75 Å². The van der Waals surface area contributed by atoms with E-state index in [9.17, 15) is 29.1 Å². The number of nitrogens with one attached hydrogen (secondary N) is 4. The number of carbonyl (C=O) groups is 5. The Hall–Kier alpha value is -4.45. The van der Waals surface area contributed by atoms with E-state index in [1.165, 1.54) is 19.1 Å². The summed E-state index contributed by atoms with van der Waals surface area (Å²) in [5.74, 6) is -3.30. The molecule has 12 heteroatoms. The van der Waals surface area contributed by atoms with E-state index < -0.39 is 60.2 Å². The van der Waals surface area contributed by atoms with Crippen LogP contribution in [0.3, 0.4) is 0 Å². The smallest absolute Gasteiger partial charge is 0.243 e. The Labute approximate surface area is 233 Å². The highest BCUT2D eigenvalue weighted by atomic mass is 16.3. The third kappa shape index (κ3) is 10.4. The van der Waals surface area contributed by atoms with Crippen molar-refractivity contribution in [2.45, 2.75) is 57.8 Å². The fourth-order valence-corrected chi connectivity index (χ4v) is 3.81. The van der Waals surface area contributed by atoms with Crippen LogP contribution in [0.15, 0.2) is 54.6 Å². The average molecular weight is 555 g/mol. The van der Waals surface area contributed by atoms with Gasteiger partial charge in [0.1, 0.15) is 23.9 Å². The molecule has 0 saturated carbocycles. The number of hydrogen-bond acceptors (Lipinski definition) is 7. The molecule has 5 amide bonds. The van der Waals surface area contributed by atoms with E-state index in [-0.39, 0.29) is 24.5 Å². The van der Waals surface area contributed by atoms with Crippen LogP contribution >= 0.6 is 0 Å². The largest absolute Gasteiger partial charge is 0.508 e. The van der Waals surface area contributed by atoms with Gasteiger partial charge in [0.05, 0.1) is 12.6 Å². The maximum Gasteiger partial charge on any atom is 0.243 e. The van der Waals surface area contributed by atoms with Crippen LogP contribution in [-0.4, -0.2) is 65.4 Å². The predicted molar refractivity (Wildman–Crippen MR) is 148 cm³/mol. The van der Waals surface area contributed by atoms with Crippen molar-refractivity contribution in [2.24, 2.45) is 17.4 Å². The average Bonchev–Trinajstić information content (AvgIpc) is 2.91. The van der Waals surface area contributed by atoms with Crippen LogP contribution in [-0.2, 0) is 36.8 Å². The number of benzene rings is 2. The van der Waals surface area contributed by atoms with Crippen LogP contribution in [0.2, 0.25) is 0 Å². The Bertz CT molecular complexity index is 1170. The van der Waals surface area contributed by atoms with Crippen LogP contribution in [0, 0.1) is 5.92 Å². The maximum absolute atomic E-state index is 13.0. The first kappa shape index (κ1) is 31.8. The third-order valence-corrected chi connectivity index (χ3v) is 6.11. The van der Waals surface area contributed by atoms with Crippen molar-refractivity contribution >= 4 is 29.5 Å². The molecule has 2 rings (SSSR count). The molecule has 0 spiro atoms. The number of phenolic OH excluding ortho intramolecular Hbond substituents is 1. The summed E-state index contributed by atoms with van der Waals surface area (Å²) in [5, 5.41) is 19.5. The molecule has 2 aromatic rings. The summed E-state index contributed by atoms with van der Waals surface area (Å²) in [6, 6.07) is 11.3. The van der Waals surface area contributed by atoms with Gasteiger partial charge in [-0.25, -0.2) is 0 Å². The number of rotatable bonds is 14. The zero-order chi connectivity index (χ0) is 29.8. The van der Waals surface area contributed by atoms with Crippen molar-refractivity contribution in [1.82, 2.24) is 21.3 Å². The molecule has 0 aliphatic heterocycles. The van der Waals surface area contributed by atoms with Gasteiger partial charge in [0.25, 0.3) is 0 Å². The van der Waals surface area contributed by atoms with Gasteiger partial charge in [-0.3, -0.25) is 24.0 Å². The van der Waals surface area contributed by atoms with Crippen LogP contribution in [0.5, 0.6) is 5.75 Å². The van der Waals surface area contributed by atoms with Crippen molar-refractivity contribution in [3.05, 3.63) is 65.7 Å². The zero-order valence-electron chi connectivity index (χ0n) is 22.8. The highest BCUT2D eigenvalue weighted by molar-refractivity contribution is 5.94. The molecule has 0 aliphatic carbocycles. The molecule has 2 aromatic carbocycles. The van der Waals surface area contributed by atoms with E-state index in [0.717, 1.165) is 11.1 Å². The number of amides is 5. The third-order valence-electron chi connectivity index (χ3n) is 6.11. The molecule has 0 radical (unpaired) electrons. The van der Waals surface area contributed by atoms with Gasteiger partial charge in [-0.1, -0.05) is 56.3 Å². The number of nitrogens with two attached hydrogens (primary N) is 2. The van der Waals surface area contributed by atoms with E-state index >= 15 is 0 Å². The van der Waals surface area contributed by atoms with Gasteiger partial charge >= 0.3 is 0 Å². The molecule has 9 N–H and O–H groups in total. The standard InChI is InChI=1S/C28H38N6O6/c1-16(2)24(25(30)37)34-28(40)22(14-18-7-5-4-6-8-18)33-23(36)15-31-26(38)17(3)32-27(39)21(29)13-19-9-11-20(35)12-10-19/h4-12,16-17,21-22,24,35H,13-15,29H2,1-3H3,(H2,30,37)(H,31,38)(H,32,39)(H,33,36)(H,34,40)/t17-,21+,22+,24-/m1/s1. The Morgan fingerprint density at radius 1 is 0.775 bits per heavy atom. The molecule has 0 aliphatic rings. The number of phenols is 1. The van der Waals surface area contributed by atoms with E-state index in [0.29, 0.717) is 0 Å². The van der Waals surface area contributed by atoms with Gasteiger partial charge < -0.3 is 37.8 Å². The molecule has 0 fully saturated rings. The first-order valence-corrected chi connectivity index (χ1v) is 12.9. The highest BCUT2D eigenvalue weighted by Crippen LogP contribution is 2.11. The zero-order valence-corrected chi connectivity index (χ0v) is 22.8. The molecule has 12 nitrogen and oxygen atoms in total. The molecule has 0 bridgehead atoms. The second kappa shape index (κ2) is 15.2. The van der Waals surface area contributed by atoms with Crippen LogP contribution < -0.4 is 32.7 Å². The minimum absolute atomic E-state index is 0.0912. The Kier molecular flexibility index (Phi) is 12.1. The SMILES string of the molecule is CC(C)[C@@H](NC(=O)[C@H](Cc1ccccc1)NC(=O)CNC(=O)[C@@H](C)NC(=O)[C@@H](N)Cc1ccc(O)cc1)C(N)=O. The molecule has 40 heavy (non-hydrogen) atoms. The summed E-state index contributed by atoms with van der Waals surface area (Å²) < 4.78 is 0. The molecule has 0 aromatic heterocycles. The Morgan fingerprint density at radius 2 is 1.38 bits per heavy atom. The van der Waals surface area contributed by atoms with Gasteiger partial charge in [-0.15, -0.1) is 0 Å². The monoisotopic (exact) mass is 554 g/mol. The molecular formula is C28H38N6O6. The molecular weight excluding hydrogens is 516 g/mol. The van der Waals surface area contributed by atoms with Crippen molar-refractivity contribution in [3.63, 3.8) is 0 Å². The number of primary amides is 1. The lowest BCUT2D eigenvalue weighted by atomic mass is 10.0. The number of hydrogen-bond donors (Lipinski definition) is 7. The van der Waals surface area contributed by atoms with E-state index in [2.05, 4.69) is 21.3 Å². The molecule has 0 heterocycles. The lowest BCUT2D eigenvalue weighted by Crippen LogP contribution is -2.56. The summed E-state index contributed by atoms with van der Waals surface area (Å²) in [5.41, 5.74) is 12.9. The summed E-state index contributed by atoms with van der Waals surface area (Å²) in [4.78, 5) is 62.3. The van der Waals surface area contributed by atoms with Gasteiger partial charge in [0, 0.05) is 6.42 Å². The van der Waals surface area contributed by atoms with Crippen LogP contribution in [0.4, 0.5) is 0 Å². The van der Waals surface area contributed by atoms with Gasteiger partial charge in [0.2, 0.25) is 29.5 Å². The van der Waals surface area contributed by atoms with Crippen LogP contribution in [0.1, 0.15) is 31.9 Å². The number of carbonyl (C=O) groups excluding carboxylic acids is 5. The molecule has 0 unspecified atom stereocenters. The molecule has 4 atom stereocenters. The van der Waals surface area contributed by atoms with E-state index in [1.54, 1.807) is 50.2 Å². The molecule has 0 saturated heterocycles. The van der Waals surface area contributed by atoms with Crippen molar-refractivity contribution < 1.29 is 29.1 Å². The van der Waals surface area contributed by atoms with Crippen molar-refractivity contribution in [2.75, 3.05) is 6.54 Å². The highest BCUT2D eigenvalue weighted by Gasteiger charge is 2.28. The Morgan fingerprint density at radius 3 is 1.95 bits per heavy atom. The summed E-state index contributed by atoms with van der Waals surface area (Å²) >= 11 is 0. The maximum atomic E-state index is 13.0. The van der Waals surface area contributed by atoms with Crippen molar-refractivity contribution in [1.29, 1.82) is 0 Å². The Balaban J connectivity index is 1.93. The van der Waals surface area contributed by atoms with Gasteiger partial charge in [-0.05, 0) is 42.5 Å². The topological polar surface area (TPSA) is 206 Å². The normalized spacial score (nSPS) is 13.8. The van der Waals surface area contributed by atoms with Crippen LogP contribution in [0.25, 0.3) is 0 Å². The lowest BCUT2D eigenvalue weighted by Gasteiger charge is -2.24. The summed E-state index contributed by atoms with van der Waals surface area (Å²) in [6.07, 6.45) is 0.336. The van der Waals surface area contributed by atoms with E-state index in [4.69, 9.17) is 11.5 Å². The minimum Gasteiger partial charge on any atom is -0.508 e. The lowest BCUT2D eigenvalue weighted by molar-refractivity contribution is -0.132. The first-order chi connectivity index (χ1) is 18.9. The fraction of sp³-hybridized carbons (Fsp3) is 0.393. The minimum atomic E-state index is -1.04. The van der Waals surface area contributed by atoms with Gasteiger partial charge in [-0.2, -0.15) is 0 Å². The van der Waals surface area contributed by atoms with E-state index in [1.807, 2.05) is 6.07 Å². The second-order valence-corrected chi connectivity index (χ2v) is 9.87.